The van der Waals surface area contributed by atoms with Crippen LogP contribution in [0.4, 0.5) is 68.2 Å². The minimum Gasteiger partial charge on any atom is -0.310 e. The van der Waals surface area contributed by atoms with Gasteiger partial charge in [-0.3, -0.25) is 0 Å². The van der Waals surface area contributed by atoms with Crippen LogP contribution in [0.3, 0.4) is 0 Å². The number of anilines is 12. The van der Waals surface area contributed by atoms with E-state index in [4.69, 9.17) is 0 Å². The summed E-state index contributed by atoms with van der Waals surface area (Å²) >= 11 is 0. The van der Waals surface area contributed by atoms with Crippen LogP contribution in [0.15, 0.2) is 291 Å². The van der Waals surface area contributed by atoms with E-state index in [1.165, 1.54) is 44.5 Å². The van der Waals surface area contributed by atoms with Crippen molar-refractivity contribution in [2.24, 2.45) is 0 Å². The summed E-state index contributed by atoms with van der Waals surface area (Å²) in [6, 6.07) is 106. The molecule has 0 spiro atoms. The van der Waals surface area contributed by atoms with Gasteiger partial charge in [-0.05, 0) is 248 Å². The van der Waals surface area contributed by atoms with Crippen molar-refractivity contribution in [2.45, 2.75) is 41.5 Å². The summed E-state index contributed by atoms with van der Waals surface area (Å²) in [5.41, 5.74) is 27.7. The van der Waals surface area contributed by atoms with E-state index >= 15 is 0 Å². The second-order valence-electron chi connectivity index (χ2n) is 21.7. The third-order valence-electron chi connectivity index (χ3n) is 15.3. The molecule has 0 fully saturated rings. The second-order valence-corrected chi connectivity index (χ2v) is 21.7. The van der Waals surface area contributed by atoms with Crippen LogP contribution in [0.25, 0.3) is 33.4 Å². The molecule has 0 aliphatic carbocycles. The lowest BCUT2D eigenvalue weighted by Crippen LogP contribution is -2.10. The zero-order valence-corrected chi connectivity index (χ0v) is 47.5. The van der Waals surface area contributed by atoms with Crippen molar-refractivity contribution in [3.8, 4) is 33.4 Å². The molecule has 0 atom stereocenters. The van der Waals surface area contributed by atoms with Crippen LogP contribution in [0.2, 0.25) is 0 Å². The fraction of sp³-hybridized carbons (Fsp3) is 0.0769. The highest BCUT2D eigenvalue weighted by molar-refractivity contribution is 5.85. The molecule has 0 unspecified atom stereocenters. The average Bonchev–Trinajstić information content (AvgIpc) is 3.57. The predicted octanol–water partition coefficient (Wildman–Crippen LogP) is 22.4. The van der Waals surface area contributed by atoms with Crippen LogP contribution in [-0.2, 0) is 0 Å². The van der Waals surface area contributed by atoms with Crippen molar-refractivity contribution in [3.63, 3.8) is 0 Å². The van der Waals surface area contributed by atoms with Crippen molar-refractivity contribution < 1.29 is 0 Å². The molecule has 12 aromatic rings. The normalized spacial score (nSPS) is 11.0. The van der Waals surface area contributed by atoms with E-state index < -0.39 is 0 Å². The first-order valence-electron chi connectivity index (χ1n) is 28.3. The third-order valence-corrected chi connectivity index (χ3v) is 15.3. The average molecular weight is 1060 g/mol. The molecule has 4 heteroatoms. The van der Waals surface area contributed by atoms with Crippen molar-refractivity contribution >= 4 is 68.2 Å². The Morgan fingerprint density at radius 1 is 0.146 bits per heavy atom. The Morgan fingerprint density at radius 2 is 0.305 bits per heavy atom. The largest absolute Gasteiger partial charge is 0.310 e. The fourth-order valence-corrected chi connectivity index (χ4v) is 11.1. The van der Waals surface area contributed by atoms with E-state index in [-0.39, 0.29) is 0 Å². The summed E-state index contributed by atoms with van der Waals surface area (Å²) < 4.78 is 0. The van der Waals surface area contributed by atoms with E-state index in [1.54, 1.807) is 0 Å². The third kappa shape index (κ3) is 11.5. The van der Waals surface area contributed by atoms with Gasteiger partial charge in [0, 0.05) is 68.2 Å². The Hall–Kier alpha value is -10.2. The van der Waals surface area contributed by atoms with Crippen molar-refractivity contribution in [1.29, 1.82) is 0 Å². The molecular formula is C78H66N4. The smallest absolute Gasteiger partial charge is 0.0464 e. The zero-order chi connectivity index (χ0) is 56.1. The monoisotopic (exact) mass is 1060 g/mol. The maximum absolute atomic E-state index is 2.35. The highest BCUT2D eigenvalue weighted by Crippen LogP contribution is 2.42. The van der Waals surface area contributed by atoms with Gasteiger partial charge in [-0.15, -0.1) is 0 Å². The first-order valence-corrected chi connectivity index (χ1v) is 28.3. The maximum Gasteiger partial charge on any atom is 0.0464 e. The van der Waals surface area contributed by atoms with E-state index in [0.717, 1.165) is 90.5 Å². The Kier molecular flexibility index (Phi) is 14.9. The predicted molar refractivity (Wildman–Crippen MR) is 350 cm³/mol. The summed E-state index contributed by atoms with van der Waals surface area (Å²) in [6.45, 7) is 12.9. The Morgan fingerprint density at radius 3 is 0.476 bits per heavy atom. The summed E-state index contributed by atoms with van der Waals surface area (Å²) in [7, 11) is 0. The lowest BCUT2D eigenvalue weighted by Gasteiger charge is -2.27. The molecule has 4 nitrogen and oxygen atoms in total. The molecule has 398 valence electrons. The summed E-state index contributed by atoms with van der Waals surface area (Å²) in [6.07, 6.45) is 0. The molecule has 0 bridgehead atoms. The van der Waals surface area contributed by atoms with E-state index in [9.17, 15) is 0 Å². The fourth-order valence-electron chi connectivity index (χ4n) is 11.1. The topological polar surface area (TPSA) is 13.0 Å². The van der Waals surface area contributed by atoms with Gasteiger partial charge >= 0.3 is 0 Å². The molecule has 0 radical (unpaired) electrons. The van der Waals surface area contributed by atoms with Crippen LogP contribution in [0.5, 0.6) is 0 Å². The molecule has 0 amide bonds. The number of aryl methyl sites for hydroxylation is 6. The van der Waals surface area contributed by atoms with Crippen molar-refractivity contribution in [1.82, 2.24) is 0 Å². The van der Waals surface area contributed by atoms with Gasteiger partial charge in [0.2, 0.25) is 0 Å². The van der Waals surface area contributed by atoms with Gasteiger partial charge in [-0.1, -0.05) is 151 Å². The summed E-state index contributed by atoms with van der Waals surface area (Å²) in [4.78, 5) is 9.36. The van der Waals surface area contributed by atoms with E-state index in [0.29, 0.717) is 0 Å². The van der Waals surface area contributed by atoms with Gasteiger partial charge in [0.05, 0.1) is 0 Å². The number of benzene rings is 12. The molecule has 0 saturated heterocycles. The maximum atomic E-state index is 2.35. The van der Waals surface area contributed by atoms with Gasteiger partial charge in [0.25, 0.3) is 0 Å². The SMILES string of the molecule is Cc1ccc(N(c2ccc(-c3ccc(N(c4ccc(-c5ccc(N(c6ccc(-c7ccc(N(c8cccc(C)c8)c8cccc(C)c8)cc7)cc6)c6cccc(C)c6)cc5)cc4)c4cccc(C)c4)cc3)cc2)c2cccc(C)c2)cc1. The number of hydrogen-bond acceptors (Lipinski definition) is 4. The summed E-state index contributed by atoms with van der Waals surface area (Å²) in [5, 5.41) is 0. The molecule has 0 aliphatic rings. The van der Waals surface area contributed by atoms with Crippen LogP contribution in [0, 0.1) is 41.5 Å². The molecule has 12 rings (SSSR count). The quantitative estimate of drug-likeness (QED) is 0.101. The van der Waals surface area contributed by atoms with Gasteiger partial charge in [0.15, 0.2) is 0 Å². The lowest BCUT2D eigenvalue weighted by molar-refractivity contribution is 1.26. The highest BCUT2D eigenvalue weighted by atomic mass is 15.2. The molecule has 0 N–H and O–H groups in total. The molecule has 0 aliphatic heterocycles. The second kappa shape index (κ2) is 23.3. The molecular weight excluding hydrogens is 993 g/mol. The summed E-state index contributed by atoms with van der Waals surface area (Å²) in [5.74, 6) is 0. The van der Waals surface area contributed by atoms with Crippen LogP contribution in [0.1, 0.15) is 33.4 Å². The Bertz CT molecular complexity index is 4080. The number of rotatable bonds is 15. The van der Waals surface area contributed by atoms with Crippen molar-refractivity contribution in [3.05, 3.63) is 325 Å². The minimum atomic E-state index is 1.09. The zero-order valence-electron chi connectivity index (χ0n) is 47.5. The number of hydrogen-bond donors (Lipinski definition) is 0. The van der Waals surface area contributed by atoms with E-state index in [2.05, 4.69) is 352 Å². The lowest BCUT2D eigenvalue weighted by atomic mass is 10.0. The molecule has 0 saturated carbocycles. The van der Waals surface area contributed by atoms with Crippen LogP contribution in [-0.4, -0.2) is 0 Å². The van der Waals surface area contributed by atoms with Crippen molar-refractivity contribution in [2.75, 3.05) is 19.6 Å². The molecule has 12 aromatic carbocycles. The van der Waals surface area contributed by atoms with Gasteiger partial charge < -0.3 is 19.6 Å². The van der Waals surface area contributed by atoms with Crippen LogP contribution >= 0.6 is 0 Å². The molecule has 0 heterocycles. The Balaban J connectivity index is 0.787. The number of nitrogens with zero attached hydrogens (tertiary/aromatic N) is 4. The first kappa shape index (κ1) is 52.5. The highest BCUT2D eigenvalue weighted by Gasteiger charge is 2.19. The minimum absolute atomic E-state index is 1.09. The standard InChI is InChI=1S/C78H66N4/c1-55-22-36-67(37-23-55)79(74-17-7-12-56(2)50-74)68-38-24-61(25-39-68)62-26-40-69(41-27-62)80(75-18-8-13-57(3)51-75)70-42-28-63(29-43-70)64-30-44-71(45-31-64)81(76-19-9-14-58(4)52-76)72-46-32-65(33-47-72)66-34-48-73(49-35-66)82(77-20-10-15-59(5)53-77)78-21-11-16-60(6)54-78/h7-54H,1-6H3. The molecule has 0 aromatic heterocycles. The van der Waals surface area contributed by atoms with Gasteiger partial charge in [-0.2, -0.15) is 0 Å². The van der Waals surface area contributed by atoms with Gasteiger partial charge in [-0.25, -0.2) is 0 Å². The van der Waals surface area contributed by atoms with Crippen LogP contribution < -0.4 is 19.6 Å². The van der Waals surface area contributed by atoms with E-state index in [1.807, 2.05) is 0 Å². The first-order chi connectivity index (χ1) is 40.1. The molecule has 82 heavy (non-hydrogen) atoms. The Labute approximate surface area is 484 Å². The van der Waals surface area contributed by atoms with Gasteiger partial charge in [0.1, 0.15) is 0 Å².